The van der Waals surface area contributed by atoms with E-state index in [1.165, 1.54) is 4.90 Å². The highest BCUT2D eigenvalue weighted by Gasteiger charge is 2.35. The molecule has 0 bridgehead atoms. The zero-order valence-electron chi connectivity index (χ0n) is 17.6. The van der Waals surface area contributed by atoms with Gasteiger partial charge in [-0.05, 0) is 57.6 Å². The van der Waals surface area contributed by atoms with Gasteiger partial charge in [0.15, 0.2) is 0 Å². The summed E-state index contributed by atoms with van der Waals surface area (Å²) >= 11 is 0. The van der Waals surface area contributed by atoms with Gasteiger partial charge in [-0.25, -0.2) is 8.78 Å². The Balaban J connectivity index is 1.51. The van der Waals surface area contributed by atoms with E-state index in [-0.39, 0.29) is 37.4 Å². The molecule has 162 valence electrons. The maximum Gasteiger partial charge on any atom is 0.258 e. The Kier molecular flexibility index (Phi) is 4.81. The van der Waals surface area contributed by atoms with Crippen molar-refractivity contribution in [1.82, 2.24) is 9.47 Å². The lowest BCUT2D eigenvalue weighted by molar-refractivity contribution is -0.0494. The second-order valence-electron chi connectivity index (χ2n) is 8.42. The molecule has 1 amide bonds. The predicted molar refractivity (Wildman–Crippen MR) is 122 cm³/mol. The van der Waals surface area contributed by atoms with Gasteiger partial charge in [0, 0.05) is 50.1 Å². The number of benzene rings is 3. The summed E-state index contributed by atoms with van der Waals surface area (Å²) in [5.74, 6) is -2.89. The number of halogens is 2. The monoisotopic (exact) mass is 432 g/mol. The number of rotatable bonds is 2. The van der Waals surface area contributed by atoms with E-state index in [0.717, 1.165) is 27.3 Å². The average Bonchev–Trinajstić information content (AvgIpc) is 2.80. The minimum absolute atomic E-state index is 0.0365. The lowest BCUT2D eigenvalue weighted by atomic mass is 9.95. The van der Waals surface area contributed by atoms with Crippen LogP contribution in [0, 0.1) is 0 Å². The Hall–Kier alpha value is -3.54. The van der Waals surface area contributed by atoms with Crippen molar-refractivity contribution in [2.45, 2.75) is 18.8 Å². The molecule has 0 saturated carbocycles. The molecule has 1 aromatic heterocycles. The SMILES string of the molecule is Cn1ccc2cc(-c3cccc4cc(C(=O)N5CCC(F)(F)CC5)ccc34)ccc2c1=O. The fourth-order valence-corrected chi connectivity index (χ4v) is 4.40. The van der Waals surface area contributed by atoms with E-state index in [0.29, 0.717) is 10.9 Å². The van der Waals surface area contributed by atoms with Crippen molar-refractivity contribution in [3.63, 3.8) is 0 Å². The van der Waals surface area contributed by atoms with E-state index in [4.69, 9.17) is 0 Å². The van der Waals surface area contributed by atoms with Gasteiger partial charge in [-0.2, -0.15) is 0 Å². The van der Waals surface area contributed by atoms with E-state index in [9.17, 15) is 18.4 Å². The molecule has 32 heavy (non-hydrogen) atoms. The maximum absolute atomic E-state index is 13.4. The maximum atomic E-state index is 13.4. The van der Waals surface area contributed by atoms with Crippen molar-refractivity contribution in [3.05, 3.63) is 82.8 Å². The molecule has 2 heterocycles. The van der Waals surface area contributed by atoms with Crippen LogP contribution in [0.25, 0.3) is 32.7 Å². The van der Waals surface area contributed by atoms with E-state index < -0.39 is 5.92 Å². The number of carbonyl (C=O) groups is 1. The first-order valence-electron chi connectivity index (χ1n) is 10.6. The summed E-state index contributed by atoms with van der Waals surface area (Å²) in [6, 6.07) is 19.1. The summed E-state index contributed by atoms with van der Waals surface area (Å²) in [7, 11) is 1.73. The van der Waals surface area contributed by atoms with Crippen LogP contribution in [0.4, 0.5) is 8.78 Å². The molecule has 1 saturated heterocycles. The number of hydrogen-bond donors (Lipinski definition) is 0. The normalized spacial score (nSPS) is 15.9. The highest BCUT2D eigenvalue weighted by atomic mass is 19.3. The first-order chi connectivity index (χ1) is 15.3. The quantitative estimate of drug-likeness (QED) is 0.435. The molecule has 0 N–H and O–H groups in total. The van der Waals surface area contributed by atoms with Crippen molar-refractivity contribution in [2.24, 2.45) is 7.05 Å². The van der Waals surface area contributed by atoms with Crippen molar-refractivity contribution < 1.29 is 13.6 Å². The third-order valence-corrected chi connectivity index (χ3v) is 6.30. The Labute approximate surface area is 183 Å². The molecule has 0 spiro atoms. The fraction of sp³-hybridized carbons (Fsp3) is 0.231. The molecule has 1 aliphatic rings. The van der Waals surface area contributed by atoms with Crippen LogP contribution < -0.4 is 5.56 Å². The largest absolute Gasteiger partial charge is 0.338 e. The van der Waals surface area contributed by atoms with Crippen LogP contribution in [0.3, 0.4) is 0 Å². The van der Waals surface area contributed by atoms with Gasteiger partial charge < -0.3 is 9.47 Å². The van der Waals surface area contributed by atoms with Crippen LogP contribution in [0.15, 0.2) is 71.7 Å². The summed E-state index contributed by atoms with van der Waals surface area (Å²) < 4.78 is 28.4. The zero-order valence-corrected chi connectivity index (χ0v) is 17.6. The Morgan fingerprint density at radius 3 is 2.41 bits per heavy atom. The number of aromatic nitrogens is 1. The molecule has 4 nitrogen and oxygen atoms in total. The minimum atomic E-state index is -2.68. The van der Waals surface area contributed by atoms with Crippen LogP contribution in [-0.4, -0.2) is 34.4 Å². The molecular formula is C26H22F2N2O2. The number of alkyl halides is 2. The molecular weight excluding hydrogens is 410 g/mol. The smallest absolute Gasteiger partial charge is 0.258 e. The number of fused-ring (bicyclic) bond motifs is 2. The zero-order chi connectivity index (χ0) is 22.5. The standard InChI is InChI=1S/C26H22F2N2O2/c1-29-12-9-19-15-18(5-8-23(19)25(29)32)21-4-2-3-17-16-20(6-7-22(17)21)24(31)30-13-10-26(27,28)11-14-30/h2-9,12,15-16H,10-11,13-14H2,1H3. The summed E-state index contributed by atoms with van der Waals surface area (Å²) in [5, 5.41) is 3.42. The van der Waals surface area contributed by atoms with Crippen LogP contribution >= 0.6 is 0 Å². The number of piperidine rings is 1. The summed E-state index contributed by atoms with van der Waals surface area (Å²) in [4.78, 5) is 26.7. The minimum Gasteiger partial charge on any atom is -0.338 e. The molecule has 5 rings (SSSR count). The van der Waals surface area contributed by atoms with Crippen molar-refractivity contribution in [3.8, 4) is 11.1 Å². The van der Waals surface area contributed by atoms with E-state index in [2.05, 4.69) is 0 Å². The number of amides is 1. The predicted octanol–water partition coefficient (Wildman–Crippen LogP) is 5.23. The lowest BCUT2D eigenvalue weighted by Crippen LogP contribution is -2.42. The molecule has 0 unspecified atom stereocenters. The third-order valence-electron chi connectivity index (χ3n) is 6.30. The van der Waals surface area contributed by atoms with Gasteiger partial charge in [-0.3, -0.25) is 9.59 Å². The molecule has 6 heteroatoms. The summed E-state index contributed by atoms with van der Waals surface area (Å²) in [5.41, 5.74) is 2.45. The van der Waals surface area contributed by atoms with E-state index in [1.54, 1.807) is 23.9 Å². The summed E-state index contributed by atoms with van der Waals surface area (Å²) in [6.07, 6.45) is 1.18. The van der Waals surface area contributed by atoms with E-state index >= 15 is 0 Å². The number of likely N-dealkylation sites (tertiary alicyclic amines) is 1. The first kappa shape index (κ1) is 20.4. The van der Waals surface area contributed by atoms with Gasteiger partial charge >= 0.3 is 0 Å². The first-order valence-corrected chi connectivity index (χ1v) is 10.6. The average molecular weight is 432 g/mol. The number of hydrogen-bond acceptors (Lipinski definition) is 2. The van der Waals surface area contributed by atoms with Gasteiger partial charge in [0.2, 0.25) is 0 Å². The van der Waals surface area contributed by atoms with Crippen molar-refractivity contribution in [2.75, 3.05) is 13.1 Å². The van der Waals surface area contributed by atoms with Crippen LogP contribution in [-0.2, 0) is 7.05 Å². The Morgan fingerprint density at radius 2 is 1.62 bits per heavy atom. The highest BCUT2D eigenvalue weighted by Crippen LogP contribution is 2.32. The van der Waals surface area contributed by atoms with Gasteiger partial charge in [-0.1, -0.05) is 30.3 Å². The van der Waals surface area contributed by atoms with Gasteiger partial charge in [-0.15, -0.1) is 0 Å². The Bertz CT molecular complexity index is 1410. The van der Waals surface area contributed by atoms with Crippen LogP contribution in [0.2, 0.25) is 0 Å². The molecule has 3 aromatic carbocycles. The number of carbonyl (C=O) groups excluding carboxylic acids is 1. The molecule has 1 fully saturated rings. The number of aryl methyl sites for hydroxylation is 1. The summed E-state index contributed by atoms with van der Waals surface area (Å²) in [6.45, 7) is 0.140. The molecule has 4 aromatic rings. The number of nitrogens with zero attached hydrogens (tertiary/aromatic N) is 2. The second kappa shape index (κ2) is 7.55. The molecule has 1 aliphatic heterocycles. The van der Waals surface area contributed by atoms with E-state index in [1.807, 2.05) is 54.6 Å². The van der Waals surface area contributed by atoms with Gasteiger partial charge in [0.1, 0.15) is 0 Å². The lowest BCUT2D eigenvalue weighted by Gasteiger charge is -2.31. The molecule has 0 aliphatic carbocycles. The van der Waals surface area contributed by atoms with Gasteiger partial charge in [0.05, 0.1) is 0 Å². The molecule has 0 radical (unpaired) electrons. The van der Waals surface area contributed by atoms with Gasteiger partial charge in [0.25, 0.3) is 17.4 Å². The number of pyridine rings is 1. The molecule has 0 atom stereocenters. The van der Waals surface area contributed by atoms with Crippen LogP contribution in [0.5, 0.6) is 0 Å². The Morgan fingerprint density at radius 1 is 0.906 bits per heavy atom. The van der Waals surface area contributed by atoms with Crippen molar-refractivity contribution >= 4 is 27.5 Å². The third kappa shape index (κ3) is 3.55. The topological polar surface area (TPSA) is 42.3 Å². The van der Waals surface area contributed by atoms with Crippen molar-refractivity contribution in [1.29, 1.82) is 0 Å². The fourth-order valence-electron chi connectivity index (χ4n) is 4.40. The highest BCUT2D eigenvalue weighted by molar-refractivity contribution is 6.03. The second-order valence-corrected chi connectivity index (χ2v) is 8.42. The van der Waals surface area contributed by atoms with Crippen LogP contribution in [0.1, 0.15) is 23.2 Å².